The Kier molecular flexibility index (Phi) is 2.17. The Bertz CT molecular complexity index is 316. The average Bonchev–Trinajstić information content (AvgIpc) is 2.54. The molecule has 0 amide bonds. The van der Waals surface area contributed by atoms with Gasteiger partial charge in [0.1, 0.15) is 11.5 Å². The number of rotatable bonds is 1. The molecule has 0 aromatic heterocycles. The molecule has 3 unspecified atom stereocenters. The fourth-order valence-corrected chi connectivity index (χ4v) is 2.60. The lowest BCUT2D eigenvalue weighted by Gasteiger charge is -2.28. The second-order valence-corrected chi connectivity index (χ2v) is 4.09. The van der Waals surface area contributed by atoms with Gasteiger partial charge >= 0.3 is 0 Å². The van der Waals surface area contributed by atoms with Gasteiger partial charge in [-0.05, 0) is 12.3 Å². The number of ketones is 2. The second-order valence-electron chi connectivity index (χ2n) is 4.09. The summed E-state index contributed by atoms with van der Waals surface area (Å²) >= 11 is 0. The largest absolute Gasteiger partial charge is 0.501 e. The van der Waals surface area contributed by atoms with Crippen LogP contribution in [0, 0.1) is 17.8 Å². The molecular weight excluding hydrogens is 180 g/mol. The lowest BCUT2D eigenvalue weighted by molar-refractivity contribution is -0.130. The topological polar surface area (TPSA) is 43.4 Å². The number of carbonyl (C=O) groups excluding carboxylic acids is 2. The number of carbonyl (C=O) groups is 2. The maximum Gasteiger partial charge on any atom is 0.169 e. The number of hydrogen-bond donors (Lipinski definition) is 0. The van der Waals surface area contributed by atoms with Gasteiger partial charge in [0.2, 0.25) is 0 Å². The molecule has 0 aliphatic heterocycles. The Morgan fingerprint density at radius 2 is 2.14 bits per heavy atom. The molecule has 0 saturated heterocycles. The summed E-state index contributed by atoms with van der Waals surface area (Å²) < 4.78 is 5.15. The normalized spacial score (nSPS) is 36.7. The Labute approximate surface area is 83.1 Å². The van der Waals surface area contributed by atoms with Crippen LogP contribution in [0.5, 0.6) is 0 Å². The fraction of sp³-hybridized carbons (Fsp3) is 0.636. The number of allylic oxidation sites excluding steroid dienone is 2. The van der Waals surface area contributed by atoms with Crippen LogP contribution in [-0.2, 0) is 14.3 Å². The first kappa shape index (κ1) is 9.44. The molecule has 2 aliphatic rings. The van der Waals surface area contributed by atoms with Crippen molar-refractivity contribution in [1.82, 2.24) is 0 Å². The Morgan fingerprint density at radius 3 is 2.79 bits per heavy atom. The smallest absolute Gasteiger partial charge is 0.169 e. The van der Waals surface area contributed by atoms with E-state index in [1.807, 2.05) is 6.92 Å². The molecule has 0 radical (unpaired) electrons. The molecule has 76 valence electrons. The van der Waals surface area contributed by atoms with Gasteiger partial charge in [-0.3, -0.25) is 9.59 Å². The molecule has 1 saturated carbocycles. The molecular formula is C11H14O3. The highest BCUT2D eigenvalue weighted by molar-refractivity contribution is 6.09. The molecule has 0 heterocycles. The molecule has 0 bridgehead atoms. The number of fused-ring (bicyclic) bond motifs is 1. The van der Waals surface area contributed by atoms with Crippen molar-refractivity contribution in [3.63, 3.8) is 0 Å². The van der Waals surface area contributed by atoms with Crippen LogP contribution in [0.1, 0.15) is 19.8 Å². The van der Waals surface area contributed by atoms with E-state index in [9.17, 15) is 9.59 Å². The summed E-state index contributed by atoms with van der Waals surface area (Å²) in [6.07, 6.45) is 2.88. The molecule has 3 atom stereocenters. The molecule has 2 rings (SSSR count). The maximum atomic E-state index is 11.6. The Morgan fingerprint density at radius 1 is 1.43 bits per heavy atom. The highest BCUT2D eigenvalue weighted by Gasteiger charge is 2.45. The molecule has 2 aliphatic carbocycles. The first-order chi connectivity index (χ1) is 6.65. The number of ether oxygens (including phenoxy) is 1. The zero-order valence-corrected chi connectivity index (χ0v) is 8.45. The number of Topliss-reactive ketones (excluding diaryl/α,β-unsaturated/α-hetero) is 1. The zero-order chi connectivity index (χ0) is 10.3. The molecule has 0 aromatic rings. The van der Waals surface area contributed by atoms with Gasteiger partial charge in [-0.2, -0.15) is 0 Å². The molecule has 14 heavy (non-hydrogen) atoms. The molecule has 0 aromatic carbocycles. The number of hydrogen-bond acceptors (Lipinski definition) is 3. The van der Waals surface area contributed by atoms with Crippen molar-refractivity contribution in [2.24, 2.45) is 17.8 Å². The zero-order valence-electron chi connectivity index (χ0n) is 8.45. The summed E-state index contributed by atoms with van der Waals surface area (Å²) in [6.45, 7) is 2.03. The van der Waals surface area contributed by atoms with Gasteiger partial charge in [-0.25, -0.2) is 0 Å². The van der Waals surface area contributed by atoms with Gasteiger partial charge in [-0.15, -0.1) is 0 Å². The summed E-state index contributed by atoms with van der Waals surface area (Å²) in [4.78, 5) is 23.1. The van der Waals surface area contributed by atoms with Crippen molar-refractivity contribution >= 4 is 11.6 Å². The van der Waals surface area contributed by atoms with E-state index < -0.39 is 0 Å². The van der Waals surface area contributed by atoms with Gasteiger partial charge in [0.15, 0.2) is 5.78 Å². The molecule has 0 spiro atoms. The highest BCUT2D eigenvalue weighted by Crippen LogP contribution is 2.41. The van der Waals surface area contributed by atoms with E-state index >= 15 is 0 Å². The molecule has 3 heteroatoms. The maximum absolute atomic E-state index is 11.6. The lowest BCUT2D eigenvalue weighted by atomic mass is 9.77. The van der Waals surface area contributed by atoms with Crippen LogP contribution in [0.25, 0.3) is 0 Å². The van der Waals surface area contributed by atoms with Crippen LogP contribution in [0.4, 0.5) is 0 Å². The third-order valence-electron chi connectivity index (χ3n) is 3.42. The van der Waals surface area contributed by atoms with Crippen LogP contribution in [-0.4, -0.2) is 18.7 Å². The van der Waals surface area contributed by atoms with E-state index in [2.05, 4.69) is 0 Å². The minimum atomic E-state index is -0.371. The van der Waals surface area contributed by atoms with Gasteiger partial charge < -0.3 is 4.74 Å². The third kappa shape index (κ3) is 1.19. The molecule has 0 N–H and O–H groups in total. The fourth-order valence-electron chi connectivity index (χ4n) is 2.60. The van der Waals surface area contributed by atoms with Gasteiger partial charge in [0.05, 0.1) is 13.0 Å². The summed E-state index contributed by atoms with van der Waals surface area (Å²) in [6, 6.07) is 0. The lowest BCUT2D eigenvalue weighted by Crippen LogP contribution is -2.33. The minimum Gasteiger partial charge on any atom is -0.501 e. The summed E-state index contributed by atoms with van der Waals surface area (Å²) in [7, 11) is 1.58. The van der Waals surface area contributed by atoms with Gasteiger partial charge in [-0.1, -0.05) is 6.92 Å². The van der Waals surface area contributed by atoms with Crippen molar-refractivity contribution in [3.05, 3.63) is 11.8 Å². The SMILES string of the molecule is COC1=CC(=O)C2C(=O)CCC2C1C. The monoisotopic (exact) mass is 194 g/mol. The van der Waals surface area contributed by atoms with Crippen molar-refractivity contribution in [2.45, 2.75) is 19.8 Å². The van der Waals surface area contributed by atoms with E-state index in [-0.39, 0.29) is 29.3 Å². The quantitative estimate of drug-likeness (QED) is 0.591. The van der Waals surface area contributed by atoms with E-state index in [1.54, 1.807) is 7.11 Å². The average molecular weight is 194 g/mol. The summed E-state index contributed by atoms with van der Waals surface area (Å²) in [5.41, 5.74) is 0. The Hall–Kier alpha value is -1.12. The molecule has 1 fully saturated rings. The number of methoxy groups -OCH3 is 1. The predicted octanol–water partition coefficient (Wildman–Crippen LogP) is 1.33. The van der Waals surface area contributed by atoms with Gasteiger partial charge in [0, 0.05) is 18.4 Å². The van der Waals surface area contributed by atoms with Crippen LogP contribution in [0.2, 0.25) is 0 Å². The van der Waals surface area contributed by atoms with Gasteiger partial charge in [0.25, 0.3) is 0 Å². The highest BCUT2D eigenvalue weighted by atomic mass is 16.5. The molecule has 3 nitrogen and oxygen atoms in total. The first-order valence-electron chi connectivity index (χ1n) is 4.97. The second kappa shape index (κ2) is 3.23. The summed E-state index contributed by atoms with van der Waals surface area (Å²) in [5.74, 6) is 0.782. The van der Waals surface area contributed by atoms with Crippen molar-refractivity contribution < 1.29 is 14.3 Å². The van der Waals surface area contributed by atoms with Crippen molar-refractivity contribution in [2.75, 3.05) is 7.11 Å². The van der Waals surface area contributed by atoms with E-state index in [0.717, 1.165) is 12.2 Å². The van der Waals surface area contributed by atoms with E-state index in [1.165, 1.54) is 6.08 Å². The Balaban J connectivity index is 2.35. The van der Waals surface area contributed by atoms with E-state index in [4.69, 9.17) is 4.74 Å². The van der Waals surface area contributed by atoms with Crippen LogP contribution in [0.15, 0.2) is 11.8 Å². The third-order valence-corrected chi connectivity index (χ3v) is 3.42. The van der Waals surface area contributed by atoms with Crippen molar-refractivity contribution in [1.29, 1.82) is 0 Å². The first-order valence-corrected chi connectivity index (χ1v) is 4.97. The van der Waals surface area contributed by atoms with E-state index in [0.29, 0.717) is 6.42 Å². The standard InChI is InChI=1S/C11H14O3/c1-6-7-3-4-8(12)11(7)9(13)5-10(6)14-2/h5-7,11H,3-4H2,1-2H3. The van der Waals surface area contributed by atoms with Crippen molar-refractivity contribution in [3.8, 4) is 0 Å². The minimum absolute atomic E-state index is 0.0625. The van der Waals surface area contributed by atoms with Crippen LogP contribution < -0.4 is 0 Å². The van der Waals surface area contributed by atoms with Crippen LogP contribution >= 0.6 is 0 Å². The van der Waals surface area contributed by atoms with Crippen LogP contribution in [0.3, 0.4) is 0 Å². The predicted molar refractivity (Wildman–Crippen MR) is 50.5 cm³/mol. The summed E-state index contributed by atoms with van der Waals surface area (Å²) in [5, 5.41) is 0.